The van der Waals surface area contributed by atoms with Crippen LogP contribution in [0.1, 0.15) is 42.6 Å². The topological polar surface area (TPSA) is 85.8 Å². The van der Waals surface area contributed by atoms with Crippen molar-refractivity contribution in [3.63, 3.8) is 0 Å². The van der Waals surface area contributed by atoms with E-state index in [4.69, 9.17) is 5.73 Å². The zero-order chi connectivity index (χ0) is 16.5. The Morgan fingerprint density at radius 3 is 2.52 bits per heavy atom. The molecule has 4 rings (SSSR count). The number of nitrogens with one attached hydrogen (secondary N) is 1. The number of hydrogen-bond donors (Lipinski definition) is 2. The largest absolute Gasteiger partial charge is 0.347 e. The number of fused-ring (bicyclic) bond motifs is 2. The Morgan fingerprint density at radius 1 is 1.16 bits per heavy atom. The molecular weight excluding hydrogens is 338 g/mol. The number of hydrogen-bond acceptors (Lipinski definition) is 4. The number of benzene rings is 1. The number of nitrogens with two attached hydrogens (primary N) is 1. The van der Waals surface area contributed by atoms with Crippen molar-refractivity contribution < 1.29 is 4.79 Å². The van der Waals surface area contributed by atoms with Crippen molar-refractivity contribution in [2.75, 3.05) is 0 Å². The molecule has 2 aliphatic rings. The van der Waals surface area contributed by atoms with Crippen LogP contribution in [0.4, 0.5) is 0 Å². The molecule has 1 aromatic carbocycles. The monoisotopic (exact) mass is 361 g/mol. The molecule has 2 atom stereocenters. The van der Waals surface area contributed by atoms with Crippen molar-refractivity contribution in [2.45, 2.75) is 44.2 Å². The average Bonchev–Trinajstić information content (AvgIpc) is 3.07. The summed E-state index contributed by atoms with van der Waals surface area (Å²) >= 11 is 0. The average molecular weight is 362 g/mol. The summed E-state index contributed by atoms with van der Waals surface area (Å²) in [5.41, 5.74) is 7.37. The molecule has 1 heterocycles. The van der Waals surface area contributed by atoms with Crippen molar-refractivity contribution in [1.29, 1.82) is 0 Å². The molecule has 2 unspecified atom stereocenters. The van der Waals surface area contributed by atoms with E-state index in [0.717, 1.165) is 31.4 Å². The summed E-state index contributed by atoms with van der Waals surface area (Å²) in [6.07, 6.45) is 7.12. The second-order valence-corrected chi connectivity index (χ2v) is 7.04. The lowest BCUT2D eigenvalue weighted by atomic mass is 9.67. The Hall–Kier alpha value is -1.92. The third kappa shape index (κ3) is 3.70. The summed E-state index contributed by atoms with van der Waals surface area (Å²) in [5, 5.41) is 11.7. The van der Waals surface area contributed by atoms with Gasteiger partial charge in [-0.1, -0.05) is 24.6 Å². The second kappa shape index (κ2) is 7.54. The summed E-state index contributed by atoms with van der Waals surface area (Å²) in [6, 6.07) is 10.1. The van der Waals surface area contributed by atoms with E-state index < -0.39 is 0 Å². The van der Waals surface area contributed by atoms with Gasteiger partial charge >= 0.3 is 0 Å². The van der Waals surface area contributed by atoms with Gasteiger partial charge in [-0.2, -0.15) is 9.90 Å². The van der Waals surface area contributed by atoms with Crippen LogP contribution in [0, 0.1) is 11.8 Å². The van der Waals surface area contributed by atoms with Crippen molar-refractivity contribution in [2.24, 2.45) is 17.6 Å². The van der Waals surface area contributed by atoms with E-state index in [2.05, 4.69) is 15.5 Å². The minimum absolute atomic E-state index is 0. The highest BCUT2D eigenvalue weighted by atomic mass is 35.5. The Labute approximate surface area is 153 Å². The van der Waals surface area contributed by atoms with E-state index in [0.29, 0.717) is 17.5 Å². The third-order valence-corrected chi connectivity index (χ3v) is 5.39. The van der Waals surface area contributed by atoms with Crippen LogP contribution in [-0.2, 0) is 0 Å². The first-order valence-corrected chi connectivity index (χ1v) is 8.75. The zero-order valence-electron chi connectivity index (χ0n) is 14.0. The molecule has 25 heavy (non-hydrogen) atoms. The maximum atomic E-state index is 12.6. The van der Waals surface area contributed by atoms with Crippen LogP contribution in [0.2, 0.25) is 0 Å². The minimum atomic E-state index is -0.130. The number of aromatic nitrogens is 3. The van der Waals surface area contributed by atoms with Gasteiger partial charge in [0.15, 0.2) is 5.69 Å². The van der Waals surface area contributed by atoms with Gasteiger partial charge in [0.05, 0.1) is 11.9 Å². The summed E-state index contributed by atoms with van der Waals surface area (Å²) in [5.74, 6) is 0.871. The van der Waals surface area contributed by atoms with Crippen LogP contribution >= 0.6 is 12.4 Å². The predicted molar refractivity (Wildman–Crippen MR) is 97.9 cm³/mol. The molecule has 1 amide bonds. The number of halogens is 1. The lowest BCUT2D eigenvalue weighted by Gasteiger charge is -2.45. The van der Waals surface area contributed by atoms with Crippen molar-refractivity contribution >= 4 is 18.3 Å². The molecular formula is C18H24ClN5O. The van der Waals surface area contributed by atoms with E-state index >= 15 is 0 Å². The van der Waals surface area contributed by atoms with E-state index in [1.54, 1.807) is 0 Å². The molecule has 6 nitrogen and oxygen atoms in total. The van der Waals surface area contributed by atoms with Gasteiger partial charge in [0.2, 0.25) is 0 Å². The Bertz CT molecular complexity index is 705. The van der Waals surface area contributed by atoms with Gasteiger partial charge in [-0.25, -0.2) is 0 Å². The summed E-state index contributed by atoms with van der Waals surface area (Å²) in [6.45, 7) is 0. The standard InChI is InChI=1S/C18H23N5O.ClH/c19-14-9-12-5-4-6-13(10-14)17(12)21-18(24)16-11-20-23(22-16)15-7-2-1-3-8-15;/h1-3,7-8,11-14,17H,4-6,9-10,19H2,(H,21,24);1H. The lowest BCUT2D eigenvalue weighted by Crippen LogP contribution is -2.53. The zero-order valence-corrected chi connectivity index (χ0v) is 14.9. The fraction of sp³-hybridized carbons (Fsp3) is 0.500. The number of carbonyl (C=O) groups excluding carboxylic acids is 1. The highest BCUT2D eigenvalue weighted by Gasteiger charge is 2.40. The van der Waals surface area contributed by atoms with Crippen LogP contribution in [0.15, 0.2) is 36.5 Å². The summed E-state index contributed by atoms with van der Waals surface area (Å²) < 4.78 is 0. The van der Waals surface area contributed by atoms with E-state index in [1.807, 2.05) is 30.3 Å². The van der Waals surface area contributed by atoms with E-state index in [9.17, 15) is 4.79 Å². The SMILES string of the molecule is Cl.NC1CC2CCCC(C1)C2NC(=O)c1cnn(-c2ccccc2)n1. The molecule has 0 radical (unpaired) electrons. The van der Waals surface area contributed by atoms with Gasteiger partial charge in [0.1, 0.15) is 0 Å². The summed E-state index contributed by atoms with van der Waals surface area (Å²) in [7, 11) is 0. The molecule has 3 N–H and O–H groups in total. The molecule has 2 fully saturated rings. The normalized spacial score (nSPS) is 28.0. The summed E-state index contributed by atoms with van der Waals surface area (Å²) in [4.78, 5) is 14.1. The van der Waals surface area contributed by atoms with E-state index in [-0.39, 0.29) is 30.4 Å². The quantitative estimate of drug-likeness (QED) is 0.878. The molecule has 134 valence electrons. The minimum Gasteiger partial charge on any atom is -0.347 e. The maximum Gasteiger partial charge on any atom is 0.273 e. The number of rotatable bonds is 3. The van der Waals surface area contributed by atoms with Crippen molar-refractivity contribution in [3.05, 3.63) is 42.2 Å². The Kier molecular flexibility index (Phi) is 5.39. The molecule has 0 spiro atoms. The molecule has 2 aliphatic carbocycles. The first-order chi connectivity index (χ1) is 11.7. The molecule has 2 bridgehead atoms. The van der Waals surface area contributed by atoms with Crippen LogP contribution < -0.4 is 11.1 Å². The first kappa shape index (κ1) is 17.9. The number of para-hydroxylation sites is 1. The smallest absolute Gasteiger partial charge is 0.273 e. The van der Waals surface area contributed by atoms with Crippen LogP contribution in [-0.4, -0.2) is 33.0 Å². The Balaban J connectivity index is 0.00000182. The molecule has 0 saturated heterocycles. The van der Waals surface area contributed by atoms with Gasteiger partial charge < -0.3 is 11.1 Å². The fourth-order valence-corrected chi connectivity index (χ4v) is 4.30. The fourth-order valence-electron chi connectivity index (χ4n) is 4.30. The van der Waals surface area contributed by atoms with Crippen LogP contribution in [0.5, 0.6) is 0 Å². The number of carbonyl (C=O) groups is 1. The number of amides is 1. The van der Waals surface area contributed by atoms with E-state index in [1.165, 1.54) is 17.4 Å². The third-order valence-electron chi connectivity index (χ3n) is 5.39. The lowest BCUT2D eigenvalue weighted by molar-refractivity contribution is 0.0751. The molecule has 2 saturated carbocycles. The van der Waals surface area contributed by atoms with Crippen LogP contribution in [0.25, 0.3) is 5.69 Å². The van der Waals surface area contributed by atoms with Crippen molar-refractivity contribution in [1.82, 2.24) is 20.3 Å². The molecule has 7 heteroatoms. The number of nitrogens with zero attached hydrogens (tertiary/aromatic N) is 3. The first-order valence-electron chi connectivity index (χ1n) is 8.75. The van der Waals surface area contributed by atoms with Gasteiger partial charge in [-0.05, 0) is 49.7 Å². The molecule has 2 aromatic rings. The predicted octanol–water partition coefficient (Wildman–Crippen LogP) is 2.32. The highest BCUT2D eigenvalue weighted by molar-refractivity contribution is 5.92. The molecule has 1 aromatic heterocycles. The Morgan fingerprint density at radius 2 is 1.84 bits per heavy atom. The van der Waals surface area contributed by atoms with Gasteiger partial charge in [-0.15, -0.1) is 17.5 Å². The van der Waals surface area contributed by atoms with Gasteiger partial charge in [0.25, 0.3) is 5.91 Å². The van der Waals surface area contributed by atoms with Crippen molar-refractivity contribution in [3.8, 4) is 5.69 Å². The second-order valence-electron chi connectivity index (χ2n) is 7.04. The maximum absolute atomic E-state index is 12.6. The van der Waals surface area contributed by atoms with Crippen LogP contribution in [0.3, 0.4) is 0 Å². The van der Waals surface area contributed by atoms with Gasteiger partial charge in [0, 0.05) is 12.1 Å². The molecule has 0 aliphatic heterocycles. The highest BCUT2D eigenvalue weighted by Crippen LogP contribution is 2.39. The van der Waals surface area contributed by atoms with Gasteiger partial charge in [-0.3, -0.25) is 4.79 Å².